The zero-order valence-electron chi connectivity index (χ0n) is 15.0. The summed E-state index contributed by atoms with van der Waals surface area (Å²) in [6.07, 6.45) is 5.41. The summed E-state index contributed by atoms with van der Waals surface area (Å²) in [5, 5.41) is 6.29. The van der Waals surface area contributed by atoms with Gasteiger partial charge in [-0.3, -0.25) is 4.98 Å². The van der Waals surface area contributed by atoms with Crippen LogP contribution in [0.1, 0.15) is 0 Å². The average molecular weight is 431 g/mol. The Kier molecular flexibility index (Phi) is 10.3. The van der Waals surface area contributed by atoms with Crippen molar-refractivity contribution >= 4 is 48.3 Å². The third kappa shape index (κ3) is 6.77. The number of hydrogen-bond acceptors (Lipinski definition) is 5. The molecule has 0 spiro atoms. The minimum atomic E-state index is -0.0989. The number of piperazine rings is 1. The fourth-order valence-electron chi connectivity index (χ4n) is 2.67. The first-order valence-electron chi connectivity index (χ1n) is 8.21. The van der Waals surface area contributed by atoms with Gasteiger partial charge in [0, 0.05) is 36.4 Å². The third-order valence-electron chi connectivity index (χ3n) is 4.03. The molecule has 3 rings (SSSR count). The van der Waals surface area contributed by atoms with E-state index in [1.807, 2.05) is 47.6 Å². The lowest BCUT2D eigenvalue weighted by Crippen LogP contribution is -2.57. The van der Waals surface area contributed by atoms with Crippen molar-refractivity contribution in [3.8, 4) is 5.75 Å². The lowest BCUT2D eigenvalue weighted by atomic mass is 10.2. The molecule has 6 nitrogen and oxygen atoms in total. The average Bonchev–Trinajstić information content (AvgIpc) is 2.68. The van der Waals surface area contributed by atoms with E-state index in [0.717, 1.165) is 12.2 Å². The summed E-state index contributed by atoms with van der Waals surface area (Å²) in [7, 11) is 0. The highest BCUT2D eigenvalue weighted by Crippen LogP contribution is 2.18. The SMILES string of the molecule is CSc1ccc(NC(=O)N2CCNCC2COc2cccnc2)cc1.Cl.Cl. The Morgan fingerprint density at radius 3 is 2.78 bits per heavy atom. The van der Waals surface area contributed by atoms with Crippen LogP contribution in [0.4, 0.5) is 10.5 Å². The first kappa shape index (κ1) is 23.4. The van der Waals surface area contributed by atoms with Crippen LogP contribution in [0.15, 0.2) is 53.7 Å². The van der Waals surface area contributed by atoms with Crippen molar-refractivity contribution in [1.82, 2.24) is 15.2 Å². The number of rotatable bonds is 5. The first-order valence-corrected chi connectivity index (χ1v) is 9.44. The molecular weight excluding hydrogens is 407 g/mol. The fraction of sp³-hybridized carbons (Fsp3) is 0.333. The number of hydrogen-bond donors (Lipinski definition) is 2. The van der Waals surface area contributed by atoms with E-state index in [1.165, 1.54) is 4.90 Å². The zero-order chi connectivity index (χ0) is 17.5. The molecule has 1 aliphatic heterocycles. The van der Waals surface area contributed by atoms with E-state index in [-0.39, 0.29) is 36.9 Å². The number of ether oxygens (including phenoxy) is 1. The number of anilines is 1. The molecule has 0 saturated carbocycles. The summed E-state index contributed by atoms with van der Waals surface area (Å²) in [6, 6.07) is 11.4. The summed E-state index contributed by atoms with van der Waals surface area (Å²) < 4.78 is 5.78. The highest BCUT2D eigenvalue weighted by atomic mass is 35.5. The molecule has 1 atom stereocenters. The van der Waals surface area contributed by atoms with E-state index in [2.05, 4.69) is 15.6 Å². The molecule has 9 heteroatoms. The van der Waals surface area contributed by atoms with E-state index in [1.54, 1.807) is 24.2 Å². The number of carbonyl (C=O) groups is 1. The van der Waals surface area contributed by atoms with E-state index < -0.39 is 0 Å². The van der Waals surface area contributed by atoms with E-state index in [0.29, 0.717) is 25.4 Å². The van der Waals surface area contributed by atoms with Crippen LogP contribution in [-0.4, -0.2) is 54.5 Å². The van der Waals surface area contributed by atoms with Crippen molar-refractivity contribution in [3.63, 3.8) is 0 Å². The molecule has 1 aromatic heterocycles. The predicted octanol–water partition coefficient (Wildman–Crippen LogP) is 3.53. The minimum Gasteiger partial charge on any atom is -0.490 e. The Bertz CT molecular complexity index is 692. The number of urea groups is 1. The van der Waals surface area contributed by atoms with E-state index >= 15 is 0 Å². The third-order valence-corrected chi connectivity index (χ3v) is 4.77. The minimum absolute atomic E-state index is 0. The molecule has 1 fully saturated rings. The Morgan fingerprint density at radius 1 is 1.33 bits per heavy atom. The second kappa shape index (κ2) is 11.9. The molecule has 2 heterocycles. The zero-order valence-corrected chi connectivity index (χ0v) is 17.4. The Hall–Kier alpha value is -1.67. The van der Waals surface area contributed by atoms with Crippen molar-refractivity contribution < 1.29 is 9.53 Å². The lowest BCUT2D eigenvalue weighted by molar-refractivity contribution is 0.133. The second-order valence-electron chi connectivity index (χ2n) is 5.71. The van der Waals surface area contributed by atoms with Crippen LogP contribution in [0.3, 0.4) is 0 Å². The number of carbonyl (C=O) groups excluding carboxylic acids is 1. The molecule has 148 valence electrons. The van der Waals surface area contributed by atoms with Gasteiger partial charge in [0.1, 0.15) is 12.4 Å². The number of thioether (sulfide) groups is 1. The molecule has 2 aromatic rings. The summed E-state index contributed by atoms with van der Waals surface area (Å²) >= 11 is 1.68. The molecule has 0 aliphatic carbocycles. The Balaban J connectivity index is 0.00000182. The van der Waals surface area contributed by atoms with Gasteiger partial charge in [-0.1, -0.05) is 0 Å². The van der Waals surface area contributed by atoms with E-state index in [4.69, 9.17) is 4.74 Å². The van der Waals surface area contributed by atoms with Gasteiger partial charge in [0.15, 0.2) is 0 Å². The molecule has 0 bridgehead atoms. The summed E-state index contributed by atoms with van der Waals surface area (Å²) in [5.74, 6) is 0.709. The lowest BCUT2D eigenvalue weighted by Gasteiger charge is -2.35. The largest absolute Gasteiger partial charge is 0.490 e. The highest BCUT2D eigenvalue weighted by Gasteiger charge is 2.27. The summed E-state index contributed by atoms with van der Waals surface area (Å²) in [5.41, 5.74) is 0.799. The molecule has 0 radical (unpaired) electrons. The monoisotopic (exact) mass is 430 g/mol. The Labute approximate surface area is 176 Å². The van der Waals surface area contributed by atoms with Crippen LogP contribution in [0.2, 0.25) is 0 Å². The summed E-state index contributed by atoms with van der Waals surface area (Å²) in [6.45, 7) is 2.56. The first-order chi connectivity index (χ1) is 12.3. The van der Waals surface area contributed by atoms with Crippen LogP contribution >= 0.6 is 36.6 Å². The molecule has 1 saturated heterocycles. The van der Waals surface area contributed by atoms with Crippen molar-refractivity contribution in [2.75, 3.05) is 37.8 Å². The number of pyridine rings is 1. The topological polar surface area (TPSA) is 66.5 Å². The van der Waals surface area contributed by atoms with Gasteiger partial charge in [0.25, 0.3) is 0 Å². The smallest absolute Gasteiger partial charge is 0.322 e. The number of halogens is 2. The Morgan fingerprint density at radius 2 is 2.11 bits per heavy atom. The van der Waals surface area contributed by atoms with Gasteiger partial charge in [-0.2, -0.15) is 0 Å². The van der Waals surface area contributed by atoms with Gasteiger partial charge in [-0.05, 0) is 42.7 Å². The highest BCUT2D eigenvalue weighted by molar-refractivity contribution is 7.98. The van der Waals surface area contributed by atoms with Crippen molar-refractivity contribution in [2.24, 2.45) is 0 Å². The predicted molar refractivity (Wildman–Crippen MR) is 115 cm³/mol. The quantitative estimate of drug-likeness (QED) is 0.710. The van der Waals surface area contributed by atoms with Crippen LogP contribution in [0, 0.1) is 0 Å². The molecule has 1 aromatic carbocycles. The second-order valence-corrected chi connectivity index (χ2v) is 6.59. The van der Waals surface area contributed by atoms with Gasteiger partial charge in [0.05, 0.1) is 12.2 Å². The molecular formula is C18H24Cl2N4O2S. The number of aromatic nitrogens is 1. The molecule has 27 heavy (non-hydrogen) atoms. The maximum Gasteiger partial charge on any atom is 0.322 e. The molecule has 2 amide bonds. The maximum absolute atomic E-state index is 12.7. The van der Waals surface area contributed by atoms with Gasteiger partial charge >= 0.3 is 6.03 Å². The number of nitrogens with one attached hydrogen (secondary N) is 2. The van der Waals surface area contributed by atoms with Crippen molar-refractivity contribution in [3.05, 3.63) is 48.8 Å². The maximum atomic E-state index is 12.7. The normalized spacial score (nSPS) is 15.9. The molecule has 1 aliphatic rings. The number of benzene rings is 1. The van der Waals surface area contributed by atoms with Gasteiger partial charge < -0.3 is 20.3 Å². The van der Waals surface area contributed by atoms with Crippen LogP contribution in [-0.2, 0) is 0 Å². The van der Waals surface area contributed by atoms with Gasteiger partial charge in [-0.25, -0.2) is 4.79 Å². The number of nitrogens with zero attached hydrogens (tertiary/aromatic N) is 2. The molecule has 1 unspecified atom stereocenters. The van der Waals surface area contributed by atoms with Crippen LogP contribution in [0.25, 0.3) is 0 Å². The van der Waals surface area contributed by atoms with Gasteiger partial charge in [-0.15, -0.1) is 36.6 Å². The van der Waals surface area contributed by atoms with Gasteiger partial charge in [0.2, 0.25) is 0 Å². The summed E-state index contributed by atoms with van der Waals surface area (Å²) in [4.78, 5) is 19.7. The van der Waals surface area contributed by atoms with Crippen LogP contribution < -0.4 is 15.4 Å². The van der Waals surface area contributed by atoms with Crippen molar-refractivity contribution in [2.45, 2.75) is 10.9 Å². The van der Waals surface area contributed by atoms with Crippen LogP contribution in [0.5, 0.6) is 5.75 Å². The van der Waals surface area contributed by atoms with E-state index in [9.17, 15) is 4.79 Å². The molecule has 2 N–H and O–H groups in total. The number of amides is 2. The standard InChI is InChI=1S/C18H22N4O2S.2ClH/c1-25-17-6-4-14(5-7-17)21-18(23)22-10-9-20-11-15(22)13-24-16-3-2-8-19-12-16;;/h2-8,12,15,20H,9-11,13H2,1H3,(H,21,23);2*1H. The van der Waals surface area contributed by atoms with Crippen molar-refractivity contribution in [1.29, 1.82) is 0 Å². The fourth-order valence-corrected chi connectivity index (χ4v) is 3.08.